The molecule has 0 bridgehead atoms. The van der Waals surface area contributed by atoms with Gasteiger partial charge in [-0.2, -0.15) is 0 Å². The van der Waals surface area contributed by atoms with E-state index in [0.717, 1.165) is 35.2 Å². The number of rotatable bonds is 3. The summed E-state index contributed by atoms with van der Waals surface area (Å²) in [5, 5.41) is 0.667. The van der Waals surface area contributed by atoms with Crippen LogP contribution in [0.5, 0.6) is 0 Å². The van der Waals surface area contributed by atoms with E-state index in [2.05, 4.69) is 4.98 Å². The second kappa shape index (κ2) is 7.27. The Labute approximate surface area is 157 Å². The summed E-state index contributed by atoms with van der Waals surface area (Å²) in [5.74, 6) is 0. The molecular weight excluding hydrogens is 340 g/mol. The Bertz CT molecular complexity index is 1030. The molecule has 0 aliphatic carbocycles. The molecule has 5 heteroatoms. The maximum atomic E-state index is 12.6. The lowest BCUT2D eigenvalue weighted by atomic mass is 10.1. The summed E-state index contributed by atoms with van der Waals surface area (Å²) < 4.78 is 5.50. The standard InChI is InChI=1S/C22H22N2O3/c1-15-9-10-17-18(12-15)23-19(13-21(17)25)20-8-5-11-24(20)22(26)27-14-16-6-3-2-4-7-16/h2-4,6-7,9-10,12-13,20H,5,8,11,14H2,1H3,(H,23,25). The van der Waals surface area contributed by atoms with Crippen LogP contribution in [0.3, 0.4) is 0 Å². The van der Waals surface area contributed by atoms with Crippen molar-refractivity contribution in [2.45, 2.75) is 32.4 Å². The molecule has 0 saturated carbocycles. The van der Waals surface area contributed by atoms with Crippen LogP contribution in [0.1, 0.15) is 35.7 Å². The van der Waals surface area contributed by atoms with Crippen LogP contribution in [-0.2, 0) is 11.3 Å². The largest absolute Gasteiger partial charge is 0.445 e. The first-order valence-corrected chi connectivity index (χ1v) is 9.23. The summed E-state index contributed by atoms with van der Waals surface area (Å²) >= 11 is 0. The van der Waals surface area contributed by atoms with Crippen molar-refractivity contribution in [3.63, 3.8) is 0 Å². The number of aromatic nitrogens is 1. The van der Waals surface area contributed by atoms with Crippen LogP contribution < -0.4 is 5.43 Å². The highest BCUT2D eigenvalue weighted by Crippen LogP contribution is 2.31. The van der Waals surface area contributed by atoms with E-state index >= 15 is 0 Å². The number of hydrogen-bond donors (Lipinski definition) is 1. The van der Waals surface area contributed by atoms with Crippen molar-refractivity contribution in [2.75, 3.05) is 6.54 Å². The van der Waals surface area contributed by atoms with Gasteiger partial charge in [0.1, 0.15) is 6.61 Å². The summed E-state index contributed by atoms with van der Waals surface area (Å²) in [5.41, 5.74) is 3.59. The van der Waals surface area contributed by atoms with Gasteiger partial charge in [0.15, 0.2) is 5.43 Å². The number of nitrogens with zero attached hydrogens (tertiary/aromatic N) is 1. The van der Waals surface area contributed by atoms with Crippen molar-refractivity contribution in [1.82, 2.24) is 9.88 Å². The third-order valence-corrected chi connectivity index (χ3v) is 5.06. The quantitative estimate of drug-likeness (QED) is 0.755. The monoisotopic (exact) mass is 362 g/mol. The molecular formula is C22H22N2O3. The van der Waals surface area contributed by atoms with Gasteiger partial charge >= 0.3 is 6.09 Å². The smallest absolute Gasteiger partial charge is 0.410 e. The number of nitrogens with one attached hydrogen (secondary N) is 1. The Morgan fingerprint density at radius 2 is 2.00 bits per heavy atom. The van der Waals surface area contributed by atoms with E-state index in [4.69, 9.17) is 4.74 Å². The molecule has 2 heterocycles. The first-order chi connectivity index (χ1) is 13.1. The molecule has 5 nitrogen and oxygen atoms in total. The van der Waals surface area contributed by atoms with Crippen LogP contribution in [0.4, 0.5) is 4.79 Å². The van der Waals surface area contributed by atoms with E-state index in [-0.39, 0.29) is 24.2 Å². The van der Waals surface area contributed by atoms with Gasteiger partial charge in [0.05, 0.1) is 6.04 Å². The summed E-state index contributed by atoms with van der Waals surface area (Å²) in [6.45, 7) is 2.87. The van der Waals surface area contributed by atoms with Crippen molar-refractivity contribution < 1.29 is 9.53 Å². The molecule has 1 aliphatic heterocycles. The number of benzene rings is 2. The minimum absolute atomic E-state index is 0.0248. The number of H-pyrrole nitrogens is 1. The zero-order valence-electron chi connectivity index (χ0n) is 15.3. The highest BCUT2D eigenvalue weighted by molar-refractivity contribution is 5.79. The Morgan fingerprint density at radius 3 is 2.81 bits per heavy atom. The van der Waals surface area contributed by atoms with Gasteiger partial charge in [-0.15, -0.1) is 0 Å². The number of amides is 1. The summed E-state index contributed by atoms with van der Waals surface area (Å²) in [6, 6.07) is 16.8. The third-order valence-electron chi connectivity index (χ3n) is 5.06. The number of pyridine rings is 1. The average molecular weight is 362 g/mol. The van der Waals surface area contributed by atoms with E-state index in [9.17, 15) is 9.59 Å². The molecule has 27 heavy (non-hydrogen) atoms. The normalized spacial score (nSPS) is 16.6. The number of hydrogen-bond acceptors (Lipinski definition) is 3. The van der Waals surface area contributed by atoms with Gasteiger partial charge in [0.2, 0.25) is 0 Å². The minimum Gasteiger partial charge on any atom is -0.445 e. The number of carbonyl (C=O) groups excluding carboxylic acids is 1. The van der Waals surface area contributed by atoms with Crippen molar-refractivity contribution in [3.05, 3.63) is 81.6 Å². The SMILES string of the molecule is Cc1ccc2c(=O)cc(C3CCCN3C(=O)OCc3ccccc3)[nH]c2c1. The number of carbonyl (C=O) groups is 1. The average Bonchev–Trinajstić information content (AvgIpc) is 3.16. The summed E-state index contributed by atoms with van der Waals surface area (Å²) in [4.78, 5) is 30.2. The highest BCUT2D eigenvalue weighted by Gasteiger charge is 2.32. The van der Waals surface area contributed by atoms with Crippen LogP contribution in [0.25, 0.3) is 10.9 Å². The molecule has 1 atom stereocenters. The second-order valence-corrected chi connectivity index (χ2v) is 7.03. The number of fused-ring (bicyclic) bond motifs is 1. The second-order valence-electron chi connectivity index (χ2n) is 7.03. The Balaban J connectivity index is 1.56. The minimum atomic E-state index is -0.341. The molecule has 1 unspecified atom stereocenters. The molecule has 2 aromatic carbocycles. The van der Waals surface area contributed by atoms with Gasteiger partial charge in [0, 0.05) is 29.2 Å². The Hall–Kier alpha value is -3.08. The first-order valence-electron chi connectivity index (χ1n) is 9.23. The molecule has 4 rings (SSSR count). The molecule has 138 valence electrons. The zero-order chi connectivity index (χ0) is 18.8. The third kappa shape index (κ3) is 3.58. The van der Waals surface area contributed by atoms with Crippen molar-refractivity contribution in [2.24, 2.45) is 0 Å². The van der Waals surface area contributed by atoms with Crippen LogP contribution in [-0.4, -0.2) is 22.5 Å². The fourth-order valence-corrected chi connectivity index (χ4v) is 3.68. The molecule has 3 aromatic rings. The zero-order valence-corrected chi connectivity index (χ0v) is 15.3. The lowest BCUT2D eigenvalue weighted by Gasteiger charge is -2.24. The van der Waals surface area contributed by atoms with E-state index in [0.29, 0.717) is 11.9 Å². The van der Waals surface area contributed by atoms with Gasteiger partial charge in [-0.05, 0) is 43.0 Å². The van der Waals surface area contributed by atoms with Crippen LogP contribution in [0, 0.1) is 6.92 Å². The van der Waals surface area contributed by atoms with Crippen molar-refractivity contribution in [3.8, 4) is 0 Å². The Morgan fingerprint density at radius 1 is 1.19 bits per heavy atom. The molecule has 1 amide bonds. The lowest BCUT2D eigenvalue weighted by Crippen LogP contribution is -2.32. The Kier molecular flexibility index (Phi) is 4.67. The van der Waals surface area contributed by atoms with Gasteiger partial charge in [-0.3, -0.25) is 9.69 Å². The van der Waals surface area contributed by atoms with E-state index in [1.165, 1.54) is 0 Å². The predicted molar refractivity (Wildman–Crippen MR) is 105 cm³/mol. The van der Waals surface area contributed by atoms with E-state index in [1.54, 1.807) is 11.0 Å². The summed E-state index contributed by atoms with van der Waals surface area (Å²) in [6.07, 6.45) is 1.36. The fraction of sp³-hybridized carbons (Fsp3) is 0.273. The van der Waals surface area contributed by atoms with Crippen molar-refractivity contribution in [1.29, 1.82) is 0 Å². The van der Waals surface area contributed by atoms with Crippen LogP contribution in [0.2, 0.25) is 0 Å². The van der Waals surface area contributed by atoms with Crippen LogP contribution in [0.15, 0.2) is 59.4 Å². The molecule has 1 N–H and O–H groups in total. The van der Waals surface area contributed by atoms with Crippen molar-refractivity contribution >= 4 is 17.0 Å². The van der Waals surface area contributed by atoms with E-state index in [1.807, 2.05) is 55.5 Å². The predicted octanol–water partition coefficient (Wildman–Crippen LogP) is 4.31. The number of likely N-dealkylation sites (tertiary alicyclic amines) is 1. The molecule has 1 aliphatic rings. The van der Waals surface area contributed by atoms with Gasteiger partial charge in [0.25, 0.3) is 0 Å². The number of ether oxygens (including phenoxy) is 1. The van der Waals surface area contributed by atoms with Gasteiger partial charge < -0.3 is 9.72 Å². The fourth-order valence-electron chi connectivity index (χ4n) is 3.68. The molecule has 1 saturated heterocycles. The van der Waals surface area contributed by atoms with Gasteiger partial charge in [-0.1, -0.05) is 36.4 Å². The molecule has 0 radical (unpaired) electrons. The number of aromatic amines is 1. The maximum Gasteiger partial charge on any atom is 0.410 e. The molecule has 0 spiro atoms. The highest BCUT2D eigenvalue weighted by atomic mass is 16.6. The number of aryl methyl sites for hydroxylation is 1. The lowest BCUT2D eigenvalue weighted by molar-refractivity contribution is 0.0915. The molecule has 1 fully saturated rings. The topological polar surface area (TPSA) is 62.4 Å². The maximum absolute atomic E-state index is 12.6. The van der Waals surface area contributed by atoms with Gasteiger partial charge in [-0.25, -0.2) is 4.79 Å². The van der Waals surface area contributed by atoms with Crippen LogP contribution >= 0.6 is 0 Å². The molecule has 1 aromatic heterocycles. The first kappa shape index (κ1) is 17.3. The summed E-state index contributed by atoms with van der Waals surface area (Å²) in [7, 11) is 0. The van der Waals surface area contributed by atoms with E-state index < -0.39 is 0 Å².